The van der Waals surface area contributed by atoms with Gasteiger partial charge in [0.2, 0.25) is 0 Å². The van der Waals surface area contributed by atoms with E-state index in [1.54, 1.807) is 12.1 Å². The fraction of sp³-hybridized carbons (Fsp3) is 0.0952. The maximum Gasteiger partial charge on any atom is 0.274 e. The van der Waals surface area contributed by atoms with E-state index >= 15 is 0 Å². The van der Waals surface area contributed by atoms with Gasteiger partial charge in [0.25, 0.3) is 11.8 Å². The van der Waals surface area contributed by atoms with Gasteiger partial charge in [0.1, 0.15) is 5.69 Å². The fourth-order valence-corrected chi connectivity index (χ4v) is 2.49. The molecule has 0 unspecified atom stereocenters. The van der Waals surface area contributed by atoms with Crippen LogP contribution in [0.3, 0.4) is 0 Å². The van der Waals surface area contributed by atoms with Crippen LogP contribution in [-0.4, -0.2) is 16.8 Å². The fourth-order valence-electron chi connectivity index (χ4n) is 2.49. The Morgan fingerprint density at radius 2 is 1.54 bits per heavy atom. The van der Waals surface area contributed by atoms with E-state index in [0.717, 1.165) is 24.1 Å². The number of rotatable bonds is 5. The Morgan fingerprint density at radius 1 is 0.857 bits per heavy atom. The number of hydrogen-bond acceptors (Lipinski definition) is 3. The maximum absolute atomic E-state index is 13.3. The molecule has 2 N–H and O–H groups in total. The summed E-state index contributed by atoms with van der Waals surface area (Å²) in [6.07, 6.45) is 2.22. The van der Waals surface area contributed by atoms with Crippen molar-refractivity contribution >= 4 is 23.2 Å². The second-order valence-electron chi connectivity index (χ2n) is 6.02. The number of amides is 2. The Bertz CT molecular complexity index is 1020. The van der Waals surface area contributed by atoms with E-state index in [2.05, 4.69) is 15.6 Å². The van der Waals surface area contributed by atoms with Crippen molar-refractivity contribution in [3.05, 3.63) is 89.2 Å². The third-order valence-corrected chi connectivity index (χ3v) is 4.05. The van der Waals surface area contributed by atoms with Crippen LogP contribution in [0.5, 0.6) is 0 Å². The molecule has 28 heavy (non-hydrogen) atoms. The third-order valence-electron chi connectivity index (χ3n) is 4.05. The Hall–Kier alpha value is -3.61. The van der Waals surface area contributed by atoms with E-state index in [4.69, 9.17) is 0 Å². The van der Waals surface area contributed by atoms with E-state index in [1.165, 1.54) is 24.4 Å². The van der Waals surface area contributed by atoms with Crippen LogP contribution in [0, 0.1) is 11.6 Å². The summed E-state index contributed by atoms with van der Waals surface area (Å²) in [7, 11) is 0. The molecule has 7 heteroatoms. The predicted octanol–water partition coefficient (Wildman–Crippen LogP) is 4.43. The number of halogens is 2. The van der Waals surface area contributed by atoms with E-state index in [9.17, 15) is 18.4 Å². The Kier molecular flexibility index (Phi) is 5.74. The van der Waals surface area contributed by atoms with Crippen LogP contribution in [-0.2, 0) is 6.42 Å². The SMILES string of the molecule is CCc1ccc(NC(=O)c2cc(C(=O)Nc3ccc(F)c(F)c3)ccn2)cc1. The van der Waals surface area contributed by atoms with Gasteiger partial charge in [0, 0.05) is 29.2 Å². The standard InChI is InChI=1S/C21H17F2N3O2/c1-2-13-3-5-15(6-4-13)25-21(28)19-11-14(9-10-24-19)20(27)26-16-7-8-17(22)18(23)12-16/h3-12H,2H2,1H3,(H,25,28)(H,26,27). The number of carbonyl (C=O) groups excluding carboxylic acids is 2. The van der Waals surface area contributed by atoms with Crippen LogP contribution >= 0.6 is 0 Å². The summed E-state index contributed by atoms with van der Waals surface area (Å²) in [4.78, 5) is 28.7. The molecule has 3 rings (SSSR count). The van der Waals surface area contributed by atoms with E-state index < -0.39 is 23.4 Å². The first-order chi connectivity index (χ1) is 13.5. The number of anilines is 2. The minimum atomic E-state index is -1.07. The van der Waals surface area contributed by atoms with Gasteiger partial charge in [-0.05, 0) is 48.4 Å². The van der Waals surface area contributed by atoms with Crippen molar-refractivity contribution < 1.29 is 18.4 Å². The smallest absolute Gasteiger partial charge is 0.274 e. The summed E-state index contributed by atoms with van der Waals surface area (Å²) in [6.45, 7) is 2.04. The first-order valence-corrected chi connectivity index (χ1v) is 8.59. The van der Waals surface area contributed by atoms with Crippen molar-refractivity contribution in [2.45, 2.75) is 13.3 Å². The summed E-state index contributed by atoms with van der Waals surface area (Å²) in [6, 6.07) is 13.2. The lowest BCUT2D eigenvalue weighted by molar-refractivity contribution is 0.102. The van der Waals surface area contributed by atoms with Crippen LogP contribution in [0.15, 0.2) is 60.8 Å². The lowest BCUT2D eigenvalue weighted by atomic mass is 10.1. The number of aryl methyl sites for hydroxylation is 1. The molecule has 0 spiro atoms. The van der Waals surface area contributed by atoms with Gasteiger partial charge in [-0.1, -0.05) is 19.1 Å². The van der Waals surface area contributed by atoms with Crippen molar-refractivity contribution in [3.63, 3.8) is 0 Å². The number of benzene rings is 2. The molecular formula is C21H17F2N3O2. The molecule has 0 aliphatic carbocycles. The number of nitrogens with one attached hydrogen (secondary N) is 2. The average molecular weight is 381 g/mol. The minimum Gasteiger partial charge on any atom is -0.322 e. The third kappa shape index (κ3) is 4.56. The second-order valence-corrected chi connectivity index (χ2v) is 6.02. The van der Waals surface area contributed by atoms with Gasteiger partial charge in [0.15, 0.2) is 11.6 Å². The zero-order valence-electron chi connectivity index (χ0n) is 15.0. The molecule has 0 bridgehead atoms. The van der Waals surface area contributed by atoms with E-state index in [0.29, 0.717) is 5.69 Å². The molecular weight excluding hydrogens is 364 g/mol. The summed E-state index contributed by atoms with van der Waals surface area (Å²) < 4.78 is 26.2. The van der Waals surface area contributed by atoms with Crippen molar-refractivity contribution in [2.24, 2.45) is 0 Å². The van der Waals surface area contributed by atoms with Gasteiger partial charge in [-0.3, -0.25) is 14.6 Å². The molecule has 3 aromatic rings. The van der Waals surface area contributed by atoms with Crippen molar-refractivity contribution in [1.82, 2.24) is 4.98 Å². The number of aromatic nitrogens is 1. The van der Waals surface area contributed by atoms with Gasteiger partial charge in [0.05, 0.1) is 0 Å². The zero-order chi connectivity index (χ0) is 20.1. The molecule has 0 fully saturated rings. The summed E-state index contributed by atoms with van der Waals surface area (Å²) in [5.74, 6) is -3.11. The molecule has 0 saturated carbocycles. The van der Waals surface area contributed by atoms with Crippen LogP contribution in [0.1, 0.15) is 33.3 Å². The quantitative estimate of drug-likeness (QED) is 0.687. The van der Waals surface area contributed by atoms with Gasteiger partial charge < -0.3 is 10.6 Å². The van der Waals surface area contributed by atoms with Gasteiger partial charge in [-0.25, -0.2) is 8.78 Å². The largest absolute Gasteiger partial charge is 0.322 e. The minimum absolute atomic E-state index is 0.0532. The Balaban J connectivity index is 1.72. The van der Waals surface area contributed by atoms with Gasteiger partial charge in [-0.15, -0.1) is 0 Å². The number of hydrogen-bond donors (Lipinski definition) is 2. The lowest BCUT2D eigenvalue weighted by Crippen LogP contribution is -2.17. The molecule has 142 valence electrons. The maximum atomic E-state index is 13.3. The molecule has 1 heterocycles. The molecule has 2 aromatic carbocycles. The Labute approximate surface area is 160 Å². The van der Waals surface area contributed by atoms with Gasteiger partial charge in [-0.2, -0.15) is 0 Å². The molecule has 0 saturated heterocycles. The highest BCUT2D eigenvalue weighted by atomic mass is 19.2. The van der Waals surface area contributed by atoms with E-state index in [-0.39, 0.29) is 16.9 Å². The predicted molar refractivity (Wildman–Crippen MR) is 102 cm³/mol. The molecule has 0 aliphatic rings. The van der Waals surface area contributed by atoms with E-state index in [1.807, 2.05) is 19.1 Å². The molecule has 5 nitrogen and oxygen atoms in total. The average Bonchev–Trinajstić information content (AvgIpc) is 2.71. The van der Waals surface area contributed by atoms with Crippen LogP contribution in [0.2, 0.25) is 0 Å². The highest BCUT2D eigenvalue weighted by molar-refractivity contribution is 6.07. The molecule has 0 radical (unpaired) electrons. The lowest BCUT2D eigenvalue weighted by Gasteiger charge is -2.08. The first-order valence-electron chi connectivity index (χ1n) is 8.59. The zero-order valence-corrected chi connectivity index (χ0v) is 15.0. The van der Waals surface area contributed by atoms with Crippen LogP contribution in [0.25, 0.3) is 0 Å². The first kappa shape index (κ1) is 19.2. The number of pyridine rings is 1. The van der Waals surface area contributed by atoms with Crippen LogP contribution in [0.4, 0.5) is 20.2 Å². The summed E-state index contributed by atoms with van der Waals surface area (Å²) in [5.41, 5.74) is 2.07. The second kappa shape index (κ2) is 8.39. The normalized spacial score (nSPS) is 10.4. The Morgan fingerprint density at radius 3 is 2.21 bits per heavy atom. The molecule has 0 aliphatic heterocycles. The summed E-state index contributed by atoms with van der Waals surface area (Å²) in [5, 5.41) is 5.16. The molecule has 0 atom stereocenters. The number of carbonyl (C=O) groups is 2. The van der Waals surface area contributed by atoms with Crippen LogP contribution < -0.4 is 10.6 Å². The molecule has 1 aromatic heterocycles. The topological polar surface area (TPSA) is 71.1 Å². The molecule has 2 amide bonds. The van der Waals surface area contributed by atoms with Crippen molar-refractivity contribution in [3.8, 4) is 0 Å². The highest BCUT2D eigenvalue weighted by Crippen LogP contribution is 2.15. The number of nitrogens with zero attached hydrogens (tertiary/aromatic N) is 1. The van der Waals surface area contributed by atoms with Crippen molar-refractivity contribution in [1.29, 1.82) is 0 Å². The monoisotopic (exact) mass is 381 g/mol. The highest BCUT2D eigenvalue weighted by Gasteiger charge is 2.13. The van der Waals surface area contributed by atoms with Gasteiger partial charge >= 0.3 is 0 Å². The summed E-state index contributed by atoms with van der Waals surface area (Å²) >= 11 is 0. The van der Waals surface area contributed by atoms with Crippen molar-refractivity contribution in [2.75, 3.05) is 10.6 Å².